The molecule has 56 heavy (non-hydrogen) atoms. The van der Waals surface area contributed by atoms with Crippen molar-refractivity contribution in [3.05, 3.63) is 176 Å². The molecule has 0 saturated carbocycles. The molecular formula is C50H35NO4Si. The fourth-order valence-corrected chi connectivity index (χ4v) is 11.2. The highest BCUT2D eigenvalue weighted by atomic mass is 28.3. The van der Waals surface area contributed by atoms with Crippen molar-refractivity contribution in [3.8, 4) is 56.8 Å². The van der Waals surface area contributed by atoms with E-state index in [1.54, 1.807) is 0 Å². The van der Waals surface area contributed by atoms with Crippen molar-refractivity contribution in [2.75, 3.05) is 4.90 Å². The van der Waals surface area contributed by atoms with Crippen molar-refractivity contribution in [2.45, 2.75) is 13.1 Å². The number of hydrogen-bond acceptors (Lipinski definition) is 5. The van der Waals surface area contributed by atoms with Crippen molar-refractivity contribution in [3.63, 3.8) is 0 Å². The molecule has 0 fully saturated rings. The van der Waals surface area contributed by atoms with Gasteiger partial charge in [-0.3, -0.25) is 0 Å². The van der Waals surface area contributed by atoms with Crippen LogP contribution in [0.2, 0.25) is 13.1 Å². The number of rotatable bonds is 5. The average molecular weight is 742 g/mol. The minimum Gasteiger partial charge on any atom is -0.457 e. The first-order valence-corrected chi connectivity index (χ1v) is 21.9. The SMILES string of the molecule is C[Si]1(C)c2ccccc2Oc2c(-c3ccc(N(c4ccc(-c5cccc6c5Oc5ccccc5O6)cc4)c4ccc5oc6ccccc6c5c4)cc3)cccc21. The fourth-order valence-electron chi connectivity index (χ4n) is 8.35. The van der Waals surface area contributed by atoms with Crippen LogP contribution in [0.3, 0.4) is 0 Å². The number of ether oxygens (including phenoxy) is 3. The molecular weight excluding hydrogens is 707 g/mol. The van der Waals surface area contributed by atoms with Crippen LogP contribution in [0.25, 0.3) is 44.2 Å². The van der Waals surface area contributed by atoms with Crippen LogP contribution in [0.4, 0.5) is 17.1 Å². The second-order valence-corrected chi connectivity index (χ2v) is 19.2. The van der Waals surface area contributed by atoms with Gasteiger partial charge in [0.2, 0.25) is 0 Å². The summed E-state index contributed by atoms with van der Waals surface area (Å²) in [4.78, 5) is 2.30. The molecule has 1 aromatic heterocycles. The lowest BCUT2D eigenvalue weighted by atomic mass is 10.0. The van der Waals surface area contributed by atoms with Crippen LogP contribution in [-0.4, -0.2) is 8.07 Å². The van der Waals surface area contributed by atoms with E-state index in [9.17, 15) is 0 Å². The molecule has 268 valence electrons. The third-order valence-electron chi connectivity index (χ3n) is 11.2. The minimum atomic E-state index is -1.96. The van der Waals surface area contributed by atoms with Crippen LogP contribution in [0, 0.1) is 0 Å². The Morgan fingerprint density at radius 3 is 1.68 bits per heavy atom. The van der Waals surface area contributed by atoms with Crippen LogP contribution >= 0.6 is 0 Å². The largest absolute Gasteiger partial charge is 0.457 e. The van der Waals surface area contributed by atoms with Crippen LogP contribution in [0.5, 0.6) is 34.5 Å². The second kappa shape index (κ2) is 12.5. The van der Waals surface area contributed by atoms with Gasteiger partial charge in [0.1, 0.15) is 30.7 Å². The van der Waals surface area contributed by atoms with Gasteiger partial charge in [-0.05, 0) is 94.3 Å². The monoisotopic (exact) mass is 741 g/mol. The quantitative estimate of drug-likeness (QED) is 0.164. The summed E-state index contributed by atoms with van der Waals surface area (Å²) < 4.78 is 25.5. The Labute approximate surface area is 325 Å². The number of nitrogens with zero attached hydrogens (tertiary/aromatic N) is 1. The zero-order valence-corrected chi connectivity index (χ0v) is 31.8. The average Bonchev–Trinajstić information content (AvgIpc) is 3.61. The molecule has 0 atom stereocenters. The summed E-state index contributed by atoms with van der Waals surface area (Å²) in [5, 5.41) is 4.82. The topological polar surface area (TPSA) is 44.1 Å². The van der Waals surface area contributed by atoms with Gasteiger partial charge < -0.3 is 23.5 Å². The minimum absolute atomic E-state index is 0.702. The molecule has 0 spiro atoms. The van der Waals surface area contributed by atoms with Gasteiger partial charge in [-0.2, -0.15) is 0 Å². The van der Waals surface area contributed by atoms with E-state index in [-0.39, 0.29) is 0 Å². The van der Waals surface area contributed by atoms with E-state index in [0.717, 1.165) is 72.8 Å². The van der Waals surface area contributed by atoms with Crippen molar-refractivity contribution in [1.82, 2.24) is 0 Å². The standard InChI is InChI=1S/C50H35NO4Si/c1-56(2)47-19-8-7-17-45(47)55-50-38(13-10-20-48(50)56)33-23-27-35(28-24-33)51(36-29-30-42-40(31-36)39-11-3-4-14-41(39)52-42)34-25-21-32(22-26-34)37-12-9-18-46-49(37)54-44-16-6-5-15-43(44)53-46/h3-31H,1-2H3. The maximum absolute atomic E-state index is 6.68. The van der Waals surface area contributed by atoms with Gasteiger partial charge in [-0.25, -0.2) is 0 Å². The van der Waals surface area contributed by atoms with Crippen LogP contribution in [-0.2, 0) is 0 Å². The first-order valence-electron chi connectivity index (χ1n) is 18.9. The van der Waals surface area contributed by atoms with Gasteiger partial charge in [0, 0.05) is 39.0 Å². The van der Waals surface area contributed by atoms with Crippen LogP contribution in [0.15, 0.2) is 180 Å². The highest BCUT2D eigenvalue weighted by molar-refractivity contribution is 7.01. The molecule has 0 radical (unpaired) electrons. The lowest BCUT2D eigenvalue weighted by Gasteiger charge is -2.34. The van der Waals surface area contributed by atoms with Crippen LogP contribution in [0.1, 0.15) is 0 Å². The number of anilines is 3. The number of benzene rings is 8. The Bertz CT molecular complexity index is 2980. The summed E-state index contributed by atoms with van der Waals surface area (Å²) in [6.45, 7) is 4.82. The predicted octanol–water partition coefficient (Wildman–Crippen LogP) is 13.2. The molecule has 5 nitrogen and oxygen atoms in total. The van der Waals surface area contributed by atoms with Crippen molar-refractivity contribution < 1.29 is 18.6 Å². The maximum Gasteiger partial charge on any atom is 0.177 e. The summed E-state index contributed by atoms with van der Waals surface area (Å²) >= 11 is 0. The van der Waals surface area contributed by atoms with Gasteiger partial charge in [0.15, 0.2) is 23.0 Å². The van der Waals surface area contributed by atoms with Crippen molar-refractivity contribution in [1.29, 1.82) is 0 Å². The summed E-state index contributed by atoms with van der Waals surface area (Å²) in [7, 11) is -1.96. The third-order valence-corrected chi connectivity index (χ3v) is 14.7. The van der Waals surface area contributed by atoms with E-state index in [0.29, 0.717) is 23.0 Å². The Kier molecular flexibility index (Phi) is 7.24. The molecule has 3 heterocycles. The van der Waals surface area contributed by atoms with E-state index >= 15 is 0 Å². The van der Waals surface area contributed by atoms with E-state index < -0.39 is 8.07 Å². The molecule has 0 saturated heterocycles. The maximum atomic E-state index is 6.68. The smallest absolute Gasteiger partial charge is 0.177 e. The van der Waals surface area contributed by atoms with E-state index in [1.807, 2.05) is 48.5 Å². The zero-order chi connectivity index (χ0) is 37.4. The molecule has 0 aliphatic carbocycles. The van der Waals surface area contributed by atoms with Gasteiger partial charge in [0.05, 0.1) is 0 Å². The van der Waals surface area contributed by atoms with Gasteiger partial charge >= 0.3 is 0 Å². The molecule has 0 unspecified atom stereocenters. The highest BCUT2D eigenvalue weighted by Crippen LogP contribution is 2.50. The summed E-state index contributed by atoms with van der Waals surface area (Å²) in [6, 6.07) is 61.0. The fraction of sp³-hybridized carbons (Fsp3) is 0.0400. The second-order valence-electron chi connectivity index (χ2n) is 14.9. The zero-order valence-electron chi connectivity index (χ0n) is 30.8. The van der Waals surface area contributed by atoms with Gasteiger partial charge in [0.25, 0.3) is 0 Å². The Morgan fingerprint density at radius 2 is 0.929 bits per heavy atom. The van der Waals surface area contributed by atoms with E-state index in [4.69, 9.17) is 18.6 Å². The Hall–Kier alpha value is -7.02. The van der Waals surface area contributed by atoms with Crippen molar-refractivity contribution in [2.24, 2.45) is 0 Å². The first kappa shape index (κ1) is 32.4. The molecule has 2 aliphatic rings. The van der Waals surface area contributed by atoms with Gasteiger partial charge in [-0.15, -0.1) is 0 Å². The summed E-state index contributed by atoms with van der Waals surface area (Å²) in [5.41, 5.74) is 9.03. The number of fused-ring (bicyclic) bond motifs is 7. The third kappa shape index (κ3) is 5.14. The molecule has 0 bridgehead atoms. The number of para-hydroxylation sites is 6. The first-order chi connectivity index (χ1) is 27.5. The van der Waals surface area contributed by atoms with Crippen LogP contribution < -0.4 is 29.5 Å². The van der Waals surface area contributed by atoms with E-state index in [2.05, 4.69) is 145 Å². The molecule has 11 rings (SSSR count). The van der Waals surface area contributed by atoms with Crippen molar-refractivity contribution >= 4 is 57.4 Å². The lowest BCUT2D eigenvalue weighted by molar-refractivity contribution is 0.361. The summed E-state index contributed by atoms with van der Waals surface area (Å²) in [6.07, 6.45) is 0. The molecule has 9 aromatic rings. The Morgan fingerprint density at radius 1 is 0.393 bits per heavy atom. The molecule has 6 heteroatoms. The highest BCUT2D eigenvalue weighted by Gasteiger charge is 2.37. The number of hydrogen-bond donors (Lipinski definition) is 0. The molecule has 2 aliphatic heterocycles. The predicted molar refractivity (Wildman–Crippen MR) is 229 cm³/mol. The molecule has 0 N–H and O–H groups in total. The number of furan rings is 1. The summed E-state index contributed by atoms with van der Waals surface area (Å²) in [5.74, 6) is 4.78. The Balaban J connectivity index is 1.00. The lowest BCUT2D eigenvalue weighted by Crippen LogP contribution is -2.56. The normalized spacial score (nSPS) is 13.4. The molecule has 0 amide bonds. The van der Waals surface area contributed by atoms with Gasteiger partial charge in [-0.1, -0.05) is 116 Å². The molecule has 8 aromatic carbocycles. The van der Waals surface area contributed by atoms with E-state index in [1.165, 1.54) is 10.4 Å².